The van der Waals surface area contributed by atoms with Gasteiger partial charge in [0.25, 0.3) is 5.69 Å². The number of likely N-dealkylation sites (tertiary alicyclic amines) is 1. The van der Waals surface area contributed by atoms with Gasteiger partial charge in [0.05, 0.1) is 15.1 Å². The van der Waals surface area contributed by atoms with Crippen LogP contribution in [0.2, 0.25) is 0 Å². The van der Waals surface area contributed by atoms with Gasteiger partial charge in [0.2, 0.25) is 0 Å². The molecule has 0 saturated carbocycles. The fourth-order valence-corrected chi connectivity index (χ4v) is 3.98. The van der Waals surface area contributed by atoms with E-state index in [2.05, 4.69) is 4.90 Å². The van der Waals surface area contributed by atoms with Crippen LogP contribution >= 0.6 is 0 Å². The molecule has 6 nitrogen and oxygen atoms in total. The number of sulfone groups is 1. The van der Waals surface area contributed by atoms with E-state index in [9.17, 15) is 18.5 Å². The topological polar surface area (TPSA) is 80.5 Å². The van der Waals surface area contributed by atoms with Crippen LogP contribution in [-0.4, -0.2) is 43.6 Å². The molecule has 1 aromatic rings. The van der Waals surface area contributed by atoms with Crippen molar-refractivity contribution in [1.82, 2.24) is 4.90 Å². The van der Waals surface area contributed by atoms with Crippen molar-refractivity contribution in [2.75, 3.05) is 20.1 Å². The average Bonchev–Trinajstić information content (AvgIpc) is 2.39. The Labute approximate surface area is 112 Å². The minimum absolute atomic E-state index is 0.0951. The monoisotopic (exact) mass is 284 g/mol. The van der Waals surface area contributed by atoms with Crippen molar-refractivity contribution in [2.24, 2.45) is 0 Å². The molecule has 0 unspecified atom stereocenters. The Hall–Kier alpha value is -1.47. The summed E-state index contributed by atoms with van der Waals surface area (Å²) in [7, 11) is -1.41. The van der Waals surface area contributed by atoms with Crippen LogP contribution < -0.4 is 0 Å². The number of nitrogens with zero attached hydrogens (tertiary/aromatic N) is 2. The molecule has 1 fully saturated rings. The summed E-state index contributed by atoms with van der Waals surface area (Å²) in [5, 5.41) is 10.2. The van der Waals surface area contributed by atoms with E-state index in [1.807, 2.05) is 7.05 Å². The van der Waals surface area contributed by atoms with E-state index in [1.165, 1.54) is 24.3 Å². The van der Waals surface area contributed by atoms with Crippen molar-refractivity contribution >= 4 is 15.5 Å². The van der Waals surface area contributed by atoms with Crippen molar-refractivity contribution in [3.05, 3.63) is 34.4 Å². The Morgan fingerprint density at radius 3 is 2.21 bits per heavy atom. The Morgan fingerprint density at radius 1 is 1.21 bits per heavy atom. The molecule has 0 spiro atoms. The van der Waals surface area contributed by atoms with Crippen LogP contribution in [0.15, 0.2) is 29.2 Å². The van der Waals surface area contributed by atoms with E-state index in [0.29, 0.717) is 12.8 Å². The zero-order valence-corrected chi connectivity index (χ0v) is 11.5. The van der Waals surface area contributed by atoms with Gasteiger partial charge in [0.15, 0.2) is 9.84 Å². The maximum atomic E-state index is 12.4. The van der Waals surface area contributed by atoms with Gasteiger partial charge in [-0.05, 0) is 45.1 Å². The number of piperidine rings is 1. The number of hydrogen-bond donors (Lipinski definition) is 0. The first-order valence-electron chi connectivity index (χ1n) is 6.08. The summed E-state index contributed by atoms with van der Waals surface area (Å²) >= 11 is 0. The lowest BCUT2D eigenvalue weighted by molar-refractivity contribution is -0.384. The van der Waals surface area contributed by atoms with Gasteiger partial charge in [0, 0.05) is 12.1 Å². The van der Waals surface area contributed by atoms with Gasteiger partial charge in [0.1, 0.15) is 0 Å². The summed E-state index contributed by atoms with van der Waals surface area (Å²) in [4.78, 5) is 12.3. The molecule has 7 heteroatoms. The van der Waals surface area contributed by atoms with Crippen LogP contribution in [0.25, 0.3) is 0 Å². The van der Waals surface area contributed by atoms with Crippen LogP contribution in [0.3, 0.4) is 0 Å². The first kappa shape index (κ1) is 14.0. The minimum Gasteiger partial charge on any atom is -0.306 e. The fraction of sp³-hybridized carbons (Fsp3) is 0.500. The third-order valence-corrected chi connectivity index (χ3v) is 5.76. The van der Waals surface area contributed by atoms with Gasteiger partial charge in [-0.15, -0.1) is 0 Å². The second kappa shape index (κ2) is 5.26. The molecule has 1 aromatic carbocycles. The lowest BCUT2D eigenvalue weighted by Gasteiger charge is -2.28. The predicted octanol–water partition coefficient (Wildman–Crippen LogP) is 1.46. The molecule has 0 N–H and O–H groups in total. The molecule has 0 atom stereocenters. The van der Waals surface area contributed by atoms with Gasteiger partial charge in [-0.2, -0.15) is 0 Å². The van der Waals surface area contributed by atoms with Crippen molar-refractivity contribution in [3.63, 3.8) is 0 Å². The molecule has 0 amide bonds. The smallest absolute Gasteiger partial charge is 0.269 e. The normalized spacial score (nSPS) is 18.4. The summed E-state index contributed by atoms with van der Waals surface area (Å²) < 4.78 is 24.8. The summed E-state index contributed by atoms with van der Waals surface area (Å²) in [5.41, 5.74) is -0.0951. The van der Waals surface area contributed by atoms with Gasteiger partial charge in [-0.3, -0.25) is 10.1 Å². The fourth-order valence-electron chi connectivity index (χ4n) is 2.25. The number of benzene rings is 1. The standard InChI is InChI=1S/C12H16N2O4S/c1-13-8-6-12(7-9-13)19(17,18)11-4-2-10(3-5-11)14(15)16/h2-5,12H,6-9H2,1H3. The number of nitro benzene ring substituents is 1. The molecule has 2 rings (SSSR count). The third kappa shape index (κ3) is 2.93. The molecular formula is C12H16N2O4S. The molecule has 1 saturated heterocycles. The number of rotatable bonds is 3. The predicted molar refractivity (Wildman–Crippen MR) is 70.8 cm³/mol. The van der Waals surface area contributed by atoms with E-state index in [-0.39, 0.29) is 15.8 Å². The SMILES string of the molecule is CN1CCC(S(=O)(=O)c2ccc([N+](=O)[O-])cc2)CC1. The van der Waals surface area contributed by atoms with E-state index >= 15 is 0 Å². The third-order valence-electron chi connectivity index (χ3n) is 3.48. The van der Waals surface area contributed by atoms with Gasteiger partial charge < -0.3 is 4.90 Å². The van der Waals surface area contributed by atoms with Crippen LogP contribution in [0.1, 0.15) is 12.8 Å². The lowest BCUT2D eigenvalue weighted by atomic mass is 10.1. The highest BCUT2D eigenvalue weighted by molar-refractivity contribution is 7.92. The molecule has 1 aliphatic heterocycles. The molecule has 1 aliphatic rings. The lowest BCUT2D eigenvalue weighted by Crippen LogP contribution is -2.37. The molecule has 1 heterocycles. The number of hydrogen-bond acceptors (Lipinski definition) is 5. The molecule has 0 bridgehead atoms. The molecule has 104 valence electrons. The zero-order valence-electron chi connectivity index (χ0n) is 10.7. The molecule has 0 aliphatic carbocycles. The maximum Gasteiger partial charge on any atom is 0.269 e. The molecule has 19 heavy (non-hydrogen) atoms. The summed E-state index contributed by atoms with van der Waals surface area (Å²) in [6.45, 7) is 1.52. The largest absolute Gasteiger partial charge is 0.306 e. The summed E-state index contributed by atoms with van der Waals surface area (Å²) in [5.74, 6) is 0. The van der Waals surface area contributed by atoms with Crippen molar-refractivity contribution in [2.45, 2.75) is 23.0 Å². The second-order valence-corrected chi connectivity index (χ2v) is 7.03. The van der Waals surface area contributed by atoms with Crippen LogP contribution in [0.4, 0.5) is 5.69 Å². The van der Waals surface area contributed by atoms with Crippen LogP contribution in [0.5, 0.6) is 0 Å². The minimum atomic E-state index is -3.38. The first-order valence-corrected chi connectivity index (χ1v) is 7.63. The van der Waals surface area contributed by atoms with Crippen molar-refractivity contribution in [1.29, 1.82) is 0 Å². The number of nitro groups is 1. The zero-order chi connectivity index (χ0) is 14.0. The second-order valence-electron chi connectivity index (χ2n) is 4.80. The quantitative estimate of drug-likeness (QED) is 0.620. The van der Waals surface area contributed by atoms with Gasteiger partial charge in [-0.1, -0.05) is 0 Å². The van der Waals surface area contributed by atoms with Crippen molar-refractivity contribution in [3.8, 4) is 0 Å². The highest BCUT2D eigenvalue weighted by Crippen LogP contribution is 2.25. The van der Waals surface area contributed by atoms with Crippen LogP contribution in [-0.2, 0) is 9.84 Å². The van der Waals surface area contributed by atoms with Gasteiger partial charge >= 0.3 is 0 Å². The molecular weight excluding hydrogens is 268 g/mol. The van der Waals surface area contributed by atoms with E-state index in [4.69, 9.17) is 0 Å². The highest BCUT2D eigenvalue weighted by Gasteiger charge is 2.30. The Bertz CT molecular complexity index is 560. The first-order chi connectivity index (χ1) is 8.91. The molecule has 0 aromatic heterocycles. The summed E-state index contributed by atoms with van der Waals surface area (Å²) in [6.07, 6.45) is 1.21. The average molecular weight is 284 g/mol. The Morgan fingerprint density at radius 2 is 1.74 bits per heavy atom. The summed E-state index contributed by atoms with van der Waals surface area (Å²) in [6, 6.07) is 5.13. The van der Waals surface area contributed by atoms with E-state index in [1.54, 1.807) is 0 Å². The number of non-ortho nitro benzene ring substituents is 1. The van der Waals surface area contributed by atoms with E-state index in [0.717, 1.165) is 13.1 Å². The Kier molecular flexibility index (Phi) is 3.86. The van der Waals surface area contributed by atoms with Crippen molar-refractivity contribution < 1.29 is 13.3 Å². The van der Waals surface area contributed by atoms with Gasteiger partial charge in [-0.25, -0.2) is 8.42 Å². The Balaban J connectivity index is 2.22. The highest BCUT2D eigenvalue weighted by atomic mass is 32.2. The maximum absolute atomic E-state index is 12.4. The van der Waals surface area contributed by atoms with E-state index < -0.39 is 14.8 Å². The van der Waals surface area contributed by atoms with Crippen LogP contribution in [0, 0.1) is 10.1 Å². The molecule has 0 radical (unpaired) electrons.